The van der Waals surface area contributed by atoms with Crippen molar-refractivity contribution in [2.24, 2.45) is 0 Å². The number of aryl methyl sites for hydroxylation is 1. The standard InChI is InChI=1S/C26H28Cl3N5O6/c1-4-38-26(37)33-9-7-32(8-10-33)25(36)16(3)34-13-21(15(2)31-34)30-24(35)22-6-5-18(40-22)14-39-23-19(28)11-17(27)12-20(23)29/h5-6,11-13,16H,4,7-10,14H2,1-3H3,(H,30,35). The lowest BCUT2D eigenvalue weighted by molar-refractivity contribution is -0.136. The summed E-state index contributed by atoms with van der Waals surface area (Å²) in [5, 5.41) is 8.06. The van der Waals surface area contributed by atoms with Gasteiger partial charge in [-0.1, -0.05) is 34.8 Å². The summed E-state index contributed by atoms with van der Waals surface area (Å²) in [4.78, 5) is 41.1. The first-order chi connectivity index (χ1) is 19.1. The quantitative estimate of drug-likeness (QED) is 0.360. The van der Waals surface area contributed by atoms with Crippen LogP contribution in [0.15, 0.2) is 34.9 Å². The number of piperazine rings is 1. The molecule has 1 N–H and O–H groups in total. The van der Waals surface area contributed by atoms with Gasteiger partial charge in [0.15, 0.2) is 11.5 Å². The third-order valence-corrected chi connectivity index (χ3v) is 7.02. The molecule has 1 saturated heterocycles. The van der Waals surface area contributed by atoms with Crippen LogP contribution in [0, 0.1) is 6.92 Å². The number of ether oxygens (including phenoxy) is 2. The summed E-state index contributed by atoms with van der Waals surface area (Å²) in [5.74, 6) is 0.0540. The highest BCUT2D eigenvalue weighted by Gasteiger charge is 2.29. The van der Waals surface area contributed by atoms with Crippen molar-refractivity contribution in [2.75, 3.05) is 38.1 Å². The lowest BCUT2D eigenvalue weighted by atomic mass is 10.2. The van der Waals surface area contributed by atoms with E-state index < -0.39 is 11.9 Å². The zero-order valence-corrected chi connectivity index (χ0v) is 24.3. The van der Waals surface area contributed by atoms with Crippen LogP contribution in [0.5, 0.6) is 5.75 Å². The molecule has 3 aromatic rings. The van der Waals surface area contributed by atoms with Gasteiger partial charge in [0, 0.05) is 37.4 Å². The molecule has 1 aliphatic rings. The number of halogens is 3. The lowest BCUT2D eigenvalue weighted by Gasteiger charge is -2.35. The second-order valence-electron chi connectivity index (χ2n) is 9.00. The van der Waals surface area contributed by atoms with E-state index in [1.165, 1.54) is 22.9 Å². The number of nitrogens with one attached hydrogen (secondary N) is 1. The van der Waals surface area contributed by atoms with Crippen LogP contribution in [0.3, 0.4) is 0 Å². The van der Waals surface area contributed by atoms with Crippen molar-refractivity contribution in [3.63, 3.8) is 0 Å². The number of hydrogen-bond acceptors (Lipinski definition) is 7. The normalized spacial score (nSPS) is 14.2. The molecule has 0 radical (unpaired) electrons. The molecule has 4 rings (SSSR count). The molecule has 14 heteroatoms. The van der Waals surface area contributed by atoms with E-state index in [-0.39, 0.29) is 40.2 Å². The van der Waals surface area contributed by atoms with Crippen molar-refractivity contribution in [3.8, 4) is 5.75 Å². The number of benzene rings is 1. The van der Waals surface area contributed by atoms with Gasteiger partial charge in [-0.25, -0.2) is 4.79 Å². The third-order valence-electron chi connectivity index (χ3n) is 6.24. The van der Waals surface area contributed by atoms with E-state index in [9.17, 15) is 14.4 Å². The van der Waals surface area contributed by atoms with Gasteiger partial charge in [0.2, 0.25) is 5.91 Å². The highest BCUT2D eigenvalue weighted by molar-refractivity contribution is 6.40. The number of hydrogen-bond donors (Lipinski definition) is 1. The number of anilines is 1. The van der Waals surface area contributed by atoms with Gasteiger partial charge in [0.1, 0.15) is 18.4 Å². The molecular weight excluding hydrogens is 585 g/mol. The first kappa shape index (κ1) is 29.6. The summed E-state index contributed by atoms with van der Waals surface area (Å²) in [6.45, 7) is 7.08. The summed E-state index contributed by atoms with van der Waals surface area (Å²) in [6, 6.07) is 5.52. The first-order valence-electron chi connectivity index (χ1n) is 12.5. The predicted molar refractivity (Wildman–Crippen MR) is 149 cm³/mol. The average Bonchev–Trinajstić information content (AvgIpc) is 3.54. The summed E-state index contributed by atoms with van der Waals surface area (Å²) >= 11 is 18.2. The van der Waals surface area contributed by atoms with E-state index in [0.29, 0.717) is 55.0 Å². The first-order valence-corrected chi connectivity index (χ1v) is 13.6. The van der Waals surface area contributed by atoms with Gasteiger partial charge in [0.05, 0.1) is 28.0 Å². The van der Waals surface area contributed by atoms with E-state index in [2.05, 4.69) is 10.4 Å². The summed E-state index contributed by atoms with van der Waals surface area (Å²) in [6.07, 6.45) is 1.22. The van der Waals surface area contributed by atoms with Crippen LogP contribution >= 0.6 is 34.8 Å². The largest absolute Gasteiger partial charge is 0.483 e. The van der Waals surface area contributed by atoms with Crippen molar-refractivity contribution < 1.29 is 28.3 Å². The molecule has 2 aromatic heterocycles. The fourth-order valence-corrected chi connectivity index (χ4v) is 5.00. The summed E-state index contributed by atoms with van der Waals surface area (Å²) in [7, 11) is 0. The molecule has 0 saturated carbocycles. The Balaban J connectivity index is 1.33. The molecule has 0 aliphatic carbocycles. The summed E-state index contributed by atoms with van der Waals surface area (Å²) in [5.41, 5.74) is 0.966. The molecule has 3 heterocycles. The minimum atomic E-state index is -0.614. The van der Waals surface area contributed by atoms with Crippen LogP contribution < -0.4 is 10.1 Å². The van der Waals surface area contributed by atoms with Crippen molar-refractivity contribution in [3.05, 3.63) is 62.7 Å². The molecular formula is C26H28Cl3N5O6. The molecule has 1 aliphatic heterocycles. The van der Waals surface area contributed by atoms with Crippen LogP contribution in [0.4, 0.5) is 10.5 Å². The molecule has 1 aromatic carbocycles. The van der Waals surface area contributed by atoms with Gasteiger partial charge in [-0.3, -0.25) is 14.3 Å². The zero-order valence-electron chi connectivity index (χ0n) is 22.1. The number of amides is 3. The minimum absolute atomic E-state index is 0.0149. The number of furan rings is 1. The van der Waals surface area contributed by atoms with Gasteiger partial charge in [-0.15, -0.1) is 0 Å². The zero-order chi connectivity index (χ0) is 29.0. The number of rotatable bonds is 8. The maximum atomic E-state index is 13.1. The topological polar surface area (TPSA) is 119 Å². The maximum absolute atomic E-state index is 13.1. The monoisotopic (exact) mass is 611 g/mol. The molecule has 1 unspecified atom stereocenters. The van der Waals surface area contributed by atoms with Crippen molar-refractivity contribution in [1.82, 2.24) is 19.6 Å². The average molecular weight is 613 g/mol. The van der Waals surface area contributed by atoms with Crippen molar-refractivity contribution in [2.45, 2.75) is 33.4 Å². The van der Waals surface area contributed by atoms with E-state index in [4.69, 9.17) is 48.7 Å². The molecule has 1 fully saturated rings. The predicted octanol–water partition coefficient (Wildman–Crippen LogP) is 5.44. The van der Waals surface area contributed by atoms with Gasteiger partial charge < -0.3 is 29.0 Å². The highest BCUT2D eigenvalue weighted by Crippen LogP contribution is 2.36. The van der Waals surface area contributed by atoms with Gasteiger partial charge in [-0.05, 0) is 45.0 Å². The Labute approximate surface area is 245 Å². The third kappa shape index (κ3) is 6.83. The maximum Gasteiger partial charge on any atom is 0.409 e. The smallest absolute Gasteiger partial charge is 0.409 e. The molecule has 0 spiro atoms. The Morgan fingerprint density at radius 3 is 2.38 bits per heavy atom. The lowest BCUT2D eigenvalue weighted by Crippen LogP contribution is -2.52. The fraction of sp³-hybridized carbons (Fsp3) is 0.385. The van der Waals surface area contributed by atoms with Gasteiger partial charge in [0.25, 0.3) is 5.91 Å². The molecule has 3 amide bonds. The molecule has 214 valence electrons. The number of carbonyl (C=O) groups excluding carboxylic acids is 3. The van der Waals surface area contributed by atoms with E-state index in [0.717, 1.165) is 0 Å². The Kier molecular flexibility index (Phi) is 9.49. The van der Waals surface area contributed by atoms with Crippen molar-refractivity contribution >= 4 is 58.4 Å². The molecule has 1 atom stereocenters. The van der Waals surface area contributed by atoms with E-state index >= 15 is 0 Å². The minimum Gasteiger partial charge on any atom is -0.483 e. The molecule has 40 heavy (non-hydrogen) atoms. The van der Waals surface area contributed by atoms with Crippen LogP contribution in [0.25, 0.3) is 0 Å². The number of carbonyl (C=O) groups is 3. The molecule has 11 nitrogen and oxygen atoms in total. The Morgan fingerprint density at radius 2 is 1.73 bits per heavy atom. The van der Waals surface area contributed by atoms with Crippen LogP contribution in [0.1, 0.15) is 41.9 Å². The second kappa shape index (κ2) is 12.8. The SMILES string of the molecule is CCOC(=O)N1CCN(C(=O)C(C)n2cc(NC(=O)c3ccc(COc4c(Cl)cc(Cl)cc4Cl)o3)c(C)n2)CC1. The van der Waals surface area contributed by atoms with Crippen LogP contribution in [-0.4, -0.2) is 70.3 Å². The highest BCUT2D eigenvalue weighted by atomic mass is 35.5. The van der Waals surface area contributed by atoms with E-state index in [1.807, 2.05) is 0 Å². The van der Waals surface area contributed by atoms with E-state index in [1.54, 1.807) is 42.8 Å². The number of aromatic nitrogens is 2. The van der Waals surface area contributed by atoms with Crippen LogP contribution in [-0.2, 0) is 16.1 Å². The van der Waals surface area contributed by atoms with Gasteiger partial charge in [-0.2, -0.15) is 5.10 Å². The number of nitrogens with zero attached hydrogens (tertiary/aromatic N) is 4. The Bertz CT molecular complexity index is 1380. The Hall–Kier alpha value is -3.41. The second-order valence-corrected chi connectivity index (χ2v) is 10.3. The van der Waals surface area contributed by atoms with Crippen LogP contribution in [0.2, 0.25) is 15.1 Å². The molecule has 0 bridgehead atoms. The van der Waals surface area contributed by atoms with Crippen molar-refractivity contribution in [1.29, 1.82) is 0 Å². The Morgan fingerprint density at radius 1 is 1.07 bits per heavy atom. The van der Waals surface area contributed by atoms with Gasteiger partial charge >= 0.3 is 6.09 Å². The fourth-order valence-electron chi connectivity index (χ4n) is 4.08. The summed E-state index contributed by atoms with van der Waals surface area (Å²) < 4.78 is 17.8.